The Labute approximate surface area is 122 Å². The van der Waals surface area contributed by atoms with Gasteiger partial charge in [-0.25, -0.2) is 4.79 Å². The van der Waals surface area contributed by atoms with Crippen molar-refractivity contribution in [3.63, 3.8) is 0 Å². The molecule has 0 aliphatic heterocycles. The van der Waals surface area contributed by atoms with Crippen LogP contribution < -0.4 is 11.1 Å². The van der Waals surface area contributed by atoms with E-state index in [1.54, 1.807) is 6.92 Å². The lowest BCUT2D eigenvalue weighted by Crippen LogP contribution is -2.13. The Bertz CT molecular complexity index is 659. The fourth-order valence-electron chi connectivity index (χ4n) is 2.09. The fourth-order valence-corrected chi connectivity index (χ4v) is 2.09. The van der Waals surface area contributed by atoms with Crippen LogP contribution in [0, 0.1) is 0 Å². The van der Waals surface area contributed by atoms with Gasteiger partial charge in [0.25, 0.3) is 5.91 Å². The molecule has 4 N–H and O–H groups in total. The van der Waals surface area contributed by atoms with E-state index in [1.807, 2.05) is 31.3 Å². The highest BCUT2D eigenvalue weighted by atomic mass is 16.5. The first-order chi connectivity index (χ1) is 10.1. The van der Waals surface area contributed by atoms with Crippen molar-refractivity contribution in [3.8, 4) is 11.1 Å². The van der Waals surface area contributed by atoms with Crippen LogP contribution in [-0.4, -0.2) is 30.5 Å². The summed E-state index contributed by atoms with van der Waals surface area (Å²) >= 11 is 0. The number of amides is 1. The molecule has 0 fully saturated rings. The van der Waals surface area contributed by atoms with Crippen molar-refractivity contribution in [2.45, 2.75) is 6.92 Å². The predicted octanol–water partition coefficient (Wildman–Crippen LogP) is 2.00. The average molecular weight is 287 g/mol. The number of primary amides is 1. The Morgan fingerprint density at radius 3 is 2.48 bits per heavy atom. The molecule has 0 aliphatic rings. The van der Waals surface area contributed by atoms with Crippen molar-refractivity contribution in [1.29, 1.82) is 0 Å². The van der Waals surface area contributed by atoms with Gasteiger partial charge in [0, 0.05) is 24.5 Å². The van der Waals surface area contributed by atoms with E-state index in [2.05, 4.69) is 10.3 Å². The van der Waals surface area contributed by atoms with Crippen LogP contribution in [0.25, 0.3) is 11.1 Å². The van der Waals surface area contributed by atoms with Crippen molar-refractivity contribution in [1.82, 2.24) is 4.98 Å². The smallest absolute Gasteiger partial charge is 0.340 e. The molecule has 0 aliphatic carbocycles. The highest BCUT2D eigenvalue weighted by Crippen LogP contribution is 2.29. The van der Waals surface area contributed by atoms with Crippen molar-refractivity contribution in [2.24, 2.45) is 5.73 Å². The molecule has 6 nitrogen and oxygen atoms in total. The van der Waals surface area contributed by atoms with E-state index in [9.17, 15) is 9.59 Å². The fraction of sp³-hybridized carbons (Fsp3) is 0.200. The monoisotopic (exact) mass is 287 g/mol. The predicted molar refractivity (Wildman–Crippen MR) is 80.2 cm³/mol. The lowest BCUT2D eigenvalue weighted by Gasteiger charge is -2.07. The minimum atomic E-state index is -0.627. The van der Waals surface area contributed by atoms with Crippen LogP contribution in [0.2, 0.25) is 0 Å². The lowest BCUT2D eigenvalue weighted by molar-refractivity contribution is 0.0527. The average Bonchev–Trinajstić information content (AvgIpc) is 2.92. The van der Waals surface area contributed by atoms with Crippen molar-refractivity contribution in [3.05, 3.63) is 41.7 Å². The maximum Gasteiger partial charge on any atom is 0.340 e. The van der Waals surface area contributed by atoms with Gasteiger partial charge in [-0.05, 0) is 24.6 Å². The molecule has 0 radical (unpaired) electrons. The maximum absolute atomic E-state index is 12.0. The highest BCUT2D eigenvalue weighted by Gasteiger charge is 2.22. The molecule has 0 spiro atoms. The van der Waals surface area contributed by atoms with Gasteiger partial charge < -0.3 is 20.8 Å². The highest BCUT2D eigenvalue weighted by molar-refractivity contribution is 6.06. The van der Waals surface area contributed by atoms with Crippen LogP contribution >= 0.6 is 0 Å². The zero-order valence-electron chi connectivity index (χ0n) is 11.9. The van der Waals surface area contributed by atoms with E-state index >= 15 is 0 Å². The van der Waals surface area contributed by atoms with E-state index in [0.29, 0.717) is 16.7 Å². The minimum Gasteiger partial charge on any atom is -0.462 e. The third-order valence-electron chi connectivity index (χ3n) is 3.08. The molecule has 0 unspecified atom stereocenters. The number of nitrogens with one attached hydrogen (secondary N) is 2. The van der Waals surface area contributed by atoms with Gasteiger partial charge in [-0.3, -0.25) is 4.79 Å². The molecule has 0 atom stereocenters. The largest absolute Gasteiger partial charge is 0.462 e. The Kier molecular flexibility index (Phi) is 4.27. The van der Waals surface area contributed by atoms with Gasteiger partial charge >= 0.3 is 5.97 Å². The van der Waals surface area contributed by atoms with Crippen molar-refractivity contribution < 1.29 is 14.3 Å². The Morgan fingerprint density at radius 2 is 1.95 bits per heavy atom. The third-order valence-corrected chi connectivity index (χ3v) is 3.08. The SMILES string of the molecule is CCOC(=O)c1c[nH]c(C(N)=O)c1-c1ccc(NC)cc1. The number of H-pyrrole nitrogens is 1. The zero-order valence-corrected chi connectivity index (χ0v) is 11.9. The third kappa shape index (κ3) is 2.89. The number of carbonyl (C=O) groups excluding carboxylic acids is 2. The summed E-state index contributed by atoms with van der Waals surface area (Å²) < 4.78 is 5.00. The number of hydrogen-bond donors (Lipinski definition) is 3. The second-order valence-corrected chi connectivity index (χ2v) is 4.36. The molecule has 110 valence electrons. The number of aromatic nitrogens is 1. The Morgan fingerprint density at radius 1 is 1.29 bits per heavy atom. The molecular weight excluding hydrogens is 270 g/mol. The number of nitrogens with two attached hydrogens (primary N) is 1. The summed E-state index contributed by atoms with van der Waals surface area (Å²) in [5, 5.41) is 3.00. The first-order valence-corrected chi connectivity index (χ1v) is 6.55. The molecule has 0 saturated carbocycles. The van der Waals surface area contributed by atoms with E-state index in [4.69, 9.17) is 10.5 Å². The quantitative estimate of drug-likeness (QED) is 0.733. The number of rotatable bonds is 5. The topological polar surface area (TPSA) is 97.2 Å². The van der Waals surface area contributed by atoms with Gasteiger partial charge in [-0.1, -0.05) is 12.1 Å². The van der Waals surface area contributed by atoms with Gasteiger partial charge in [-0.15, -0.1) is 0 Å². The molecule has 21 heavy (non-hydrogen) atoms. The van der Waals surface area contributed by atoms with E-state index < -0.39 is 11.9 Å². The number of ether oxygens (including phenoxy) is 1. The van der Waals surface area contributed by atoms with Crippen molar-refractivity contribution in [2.75, 3.05) is 19.0 Å². The molecule has 1 aromatic heterocycles. The summed E-state index contributed by atoms with van der Waals surface area (Å²) in [7, 11) is 1.81. The Hall–Kier alpha value is -2.76. The number of aromatic amines is 1. The molecule has 1 heterocycles. The molecule has 1 aromatic carbocycles. The second-order valence-electron chi connectivity index (χ2n) is 4.36. The summed E-state index contributed by atoms with van der Waals surface area (Å²) in [6, 6.07) is 7.32. The molecule has 1 amide bonds. The Balaban J connectivity index is 2.54. The molecule has 2 aromatic rings. The molecule has 6 heteroatoms. The lowest BCUT2D eigenvalue weighted by atomic mass is 10.0. The summed E-state index contributed by atoms with van der Waals surface area (Å²) in [6.45, 7) is 1.98. The number of hydrogen-bond acceptors (Lipinski definition) is 4. The number of anilines is 1. The molecule has 0 saturated heterocycles. The van der Waals surface area contributed by atoms with E-state index in [1.165, 1.54) is 6.20 Å². The van der Waals surface area contributed by atoms with Crippen LogP contribution in [0.1, 0.15) is 27.8 Å². The van der Waals surface area contributed by atoms with Crippen LogP contribution in [0.3, 0.4) is 0 Å². The molecule has 2 rings (SSSR count). The van der Waals surface area contributed by atoms with Gasteiger partial charge in [0.05, 0.1) is 12.2 Å². The standard InChI is InChI=1S/C15H17N3O3/c1-3-21-15(20)11-8-18-13(14(16)19)12(11)9-4-6-10(17-2)7-5-9/h4-8,17-18H,3H2,1-2H3,(H2,16,19). The maximum atomic E-state index is 12.0. The van der Waals surface area contributed by atoms with Gasteiger partial charge in [0.2, 0.25) is 0 Å². The van der Waals surface area contributed by atoms with Gasteiger partial charge in [0.1, 0.15) is 5.69 Å². The van der Waals surface area contributed by atoms with Gasteiger partial charge in [-0.2, -0.15) is 0 Å². The first-order valence-electron chi connectivity index (χ1n) is 6.55. The number of carbonyl (C=O) groups is 2. The van der Waals surface area contributed by atoms with Crippen LogP contribution in [0.15, 0.2) is 30.5 Å². The normalized spacial score (nSPS) is 10.2. The van der Waals surface area contributed by atoms with Crippen LogP contribution in [0.4, 0.5) is 5.69 Å². The second kappa shape index (κ2) is 6.13. The summed E-state index contributed by atoms with van der Waals surface area (Å²) in [5.74, 6) is -1.12. The summed E-state index contributed by atoms with van der Waals surface area (Å²) in [4.78, 5) is 26.3. The number of benzene rings is 1. The van der Waals surface area contributed by atoms with Crippen LogP contribution in [0.5, 0.6) is 0 Å². The zero-order chi connectivity index (χ0) is 15.4. The van der Waals surface area contributed by atoms with E-state index in [-0.39, 0.29) is 12.3 Å². The molecular formula is C15H17N3O3. The van der Waals surface area contributed by atoms with Crippen molar-refractivity contribution >= 4 is 17.6 Å². The van der Waals surface area contributed by atoms with E-state index in [0.717, 1.165) is 5.69 Å². The van der Waals surface area contributed by atoms with Crippen LogP contribution in [-0.2, 0) is 4.74 Å². The summed E-state index contributed by atoms with van der Waals surface area (Å²) in [5.41, 5.74) is 7.95. The van der Waals surface area contributed by atoms with Gasteiger partial charge in [0.15, 0.2) is 0 Å². The molecule has 0 bridgehead atoms. The number of esters is 1. The minimum absolute atomic E-state index is 0.190. The summed E-state index contributed by atoms with van der Waals surface area (Å²) in [6.07, 6.45) is 1.44. The first kappa shape index (κ1) is 14.6.